The van der Waals surface area contributed by atoms with Gasteiger partial charge in [-0.1, -0.05) is 0 Å². The normalized spacial score (nSPS) is 18.8. The van der Waals surface area contributed by atoms with Gasteiger partial charge in [0.25, 0.3) is 0 Å². The van der Waals surface area contributed by atoms with E-state index in [0.717, 1.165) is 26.2 Å². The van der Waals surface area contributed by atoms with Crippen LogP contribution in [0.25, 0.3) is 0 Å². The van der Waals surface area contributed by atoms with Crippen LogP contribution in [0.5, 0.6) is 0 Å². The Balaban J connectivity index is 1.72. The number of rotatable bonds is 5. The lowest BCUT2D eigenvalue weighted by Crippen LogP contribution is -2.49. The molecule has 0 saturated carbocycles. The maximum Gasteiger partial charge on any atom is 0.0900 e. The number of anilines is 1. The number of β-amino-alcohol motifs (C(OH)–C–C–N with tert-alkyl or cyclic N) is 1. The molecule has 118 valence electrons. The first-order valence-corrected chi connectivity index (χ1v) is 7.63. The van der Waals surface area contributed by atoms with Crippen LogP contribution in [-0.2, 0) is 4.74 Å². The third-order valence-electron chi connectivity index (χ3n) is 3.58. The molecular weight excluding hydrogens is 266 g/mol. The first-order valence-electron chi connectivity index (χ1n) is 7.63. The summed E-state index contributed by atoms with van der Waals surface area (Å²) in [6.07, 6.45) is 3.24. The highest BCUT2D eigenvalue weighted by Crippen LogP contribution is 2.15. The molecule has 1 saturated heterocycles. The van der Waals surface area contributed by atoms with E-state index in [4.69, 9.17) is 4.74 Å². The van der Waals surface area contributed by atoms with Crippen molar-refractivity contribution in [3.63, 3.8) is 0 Å². The van der Waals surface area contributed by atoms with Crippen molar-refractivity contribution in [2.24, 2.45) is 0 Å². The van der Waals surface area contributed by atoms with Gasteiger partial charge in [-0.3, -0.25) is 9.88 Å². The minimum Gasteiger partial charge on any atom is -0.389 e. The minimum atomic E-state index is -0.420. The number of ether oxygens (including phenoxy) is 1. The molecule has 1 aromatic heterocycles. The van der Waals surface area contributed by atoms with Crippen molar-refractivity contribution in [1.82, 2.24) is 9.88 Å². The monoisotopic (exact) mass is 293 g/mol. The van der Waals surface area contributed by atoms with E-state index in [1.807, 2.05) is 45.3 Å². The van der Waals surface area contributed by atoms with E-state index in [9.17, 15) is 5.11 Å². The summed E-state index contributed by atoms with van der Waals surface area (Å²) in [6, 6.07) is 4.09. The van der Waals surface area contributed by atoms with Gasteiger partial charge < -0.3 is 14.7 Å². The minimum absolute atomic E-state index is 0.193. The third kappa shape index (κ3) is 5.61. The SMILES string of the molecule is CC(C)(C)OCC(O)CN1CCN(c2ccncc2)CC1. The van der Waals surface area contributed by atoms with Crippen LogP contribution >= 0.6 is 0 Å². The Labute approximate surface area is 127 Å². The lowest BCUT2D eigenvalue weighted by Gasteiger charge is -2.37. The van der Waals surface area contributed by atoms with Gasteiger partial charge in [-0.15, -0.1) is 0 Å². The molecule has 0 aliphatic carbocycles. The second kappa shape index (κ2) is 7.20. The van der Waals surface area contributed by atoms with Crippen LogP contribution in [0.4, 0.5) is 5.69 Å². The van der Waals surface area contributed by atoms with E-state index in [1.165, 1.54) is 5.69 Å². The van der Waals surface area contributed by atoms with Gasteiger partial charge in [0, 0.05) is 50.8 Å². The van der Waals surface area contributed by atoms with Gasteiger partial charge in [-0.05, 0) is 32.9 Å². The molecule has 0 aromatic carbocycles. The summed E-state index contributed by atoms with van der Waals surface area (Å²) in [5, 5.41) is 10.1. The van der Waals surface area contributed by atoms with E-state index in [2.05, 4.69) is 14.8 Å². The average molecular weight is 293 g/mol. The zero-order chi connectivity index (χ0) is 15.3. The van der Waals surface area contributed by atoms with Gasteiger partial charge in [0.1, 0.15) is 0 Å². The quantitative estimate of drug-likeness (QED) is 0.889. The number of nitrogens with zero attached hydrogens (tertiary/aromatic N) is 3. The van der Waals surface area contributed by atoms with Crippen molar-refractivity contribution in [3.8, 4) is 0 Å². The molecule has 1 atom stereocenters. The highest BCUT2D eigenvalue weighted by atomic mass is 16.5. The van der Waals surface area contributed by atoms with Crippen molar-refractivity contribution in [2.45, 2.75) is 32.5 Å². The highest BCUT2D eigenvalue weighted by molar-refractivity contribution is 5.44. The molecule has 2 heterocycles. The highest BCUT2D eigenvalue weighted by Gasteiger charge is 2.20. The molecule has 1 aliphatic rings. The first kappa shape index (κ1) is 16.2. The Kier molecular flexibility index (Phi) is 5.56. The Morgan fingerprint density at radius 2 is 1.81 bits per heavy atom. The standard InChI is InChI=1S/C16H27N3O2/c1-16(2,3)21-13-15(20)12-18-8-10-19(11-9-18)14-4-6-17-7-5-14/h4-7,15,20H,8-13H2,1-3H3. The molecule has 1 unspecified atom stereocenters. The zero-order valence-electron chi connectivity index (χ0n) is 13.3. The van der Waals surface area contributed by atoms with E-state index >= 15 is 0 Å². The molecule has 1 fully saturated rings. The summed E-state index contributed by atoms with van der Waals surface area (Å²) in [5.41, 5.74) is 1.03. The molecule has 1 N–H and O–H groups in total. The van der Waals surface area contributed by atoms with Crippen LogP contribution in [0.3, 0.4) is 0 Å². The molecule has 1 aromatic rings. The fraction of sp³-hybridized carbons (Fsp3) is 0.688. The molecular formula is C16H27N3O2. The van der Waals surface area contributed by atoms with Crippen molar-refractivity contribution >= 4 is 5.69 Å². The summed E-state index contributed by atoms with van der Waals surface area (Å²) < 4.78 is 5.63. The number of pyridine rings is 1. The van der Waals surface area contributed by atoms with Gasteiger partial charge in [0.2, 0.25) is 0 Å². The van der Waals surface area contributed by atoms with Crippen LogP contribution in [0, 0.1) is 0 Å². The molecule has 1 aliphatic heterocycles. The smallest absolute Gasteiger partial charge is 0.0900 e. The number of aromatic nitrogens is 1. The number of hydrogen-bond donors (Lipinski definition) is 1. The lowest BCUT2D eigenvalue weighted by molar-refractivity contribution is -0.0563. The van der Waals surface area contributed by atoms with Crippen molar-refractivity contribution < 1.29 is 9.84 Å². The van der Waals surface area contributed by atoms with Gasteiger partial charge in [-0.2, -0.15) is 0 Å². The molecule has 2 rings (SSSR count). The van der Waals surface area contributed by atoms with Gasteiger partial charge in [0.15, 0.2) is 0 Å². The summed E-state index contributed by atoms with van der Waals surface area (Å²) in [4.78, 5) is 8.71. The van der Waals surface area contributed by atoms with E-state index in [-0.39, 0.29) is 5.60 Å². The Hall–Kier alpha value is -1.17. The maximum atomic E-state index is 10.1. The molecule has 21 heavy (non-hydrogen) atoms. The zero-order valence-corrected chi connectivity index (χ0v) is 13.3. The van der Waals surface area contributed by atoms with E-state index < -0.39 is 6.10 Å². The predicted molar refractivity (Wildman–Crippen MR) is 84.6 cm³/mol. The van der Waals surface area contributed by atoms with Crippen LogP contribution in [-0.4, -0.2) is 66.0 Å². The van der Waals surface area contributed by atoms with Gasteiger partial charge in [-0.25, -0.2) is 0 Å². The van der Waals surface area contributed by atoms with Crippen LogP contribution < -0.4 is 4.90 Å². The molecule has 0 bridgehead atoms. The second-order valence-corrected chi connectivity index (χ2v) is 6.57. The predicted octanol–water partition coefficient (Wildman–Crippen LogP) is 1.38. The van der Waals surface area contributed by atoms with Gasteiger partial charge >= 0.3 is 0 Å². The lowest BCUT2D eigenvalue weighted by atomic mass is 10.2. The Morgan fingerprint density at radius 1 is 1.19 bits per heavy atom. The molecule has 5 nitrogen and oxygen atoms in total. The number of hydrogen-bond acceptors (Lipinski definition) is 5. The van der Waals surface area contributed by atoms with Crippen LogP contribution in [0.2, 0.25) is 0 Å². The summed E-state index contributed by atoms with van der Waals surface area (Å²) in [6.45, 7) is 11.0. The first-order chi connectivity index (χ1) is 9.94. The number of piperazine rings is 1. The van der Waals surface area contributed by atoms with Crippen LogP contribution in [0.15, 0.2) is 24.5 Å². The van der Waals surface area contributed by atoms with Crippen molar-refractivity contribution in [2.75, 3.05) is 44.2 Å². The fourth-order valence-corrected chi connectivity index (χ4v) is 2.44. The largest absolute Gasteiger partial charge is 0.389 e. The van der Waals surface area contributed by atoms with E-state index in [1.54, 1.807) is 0 Å². The molecule has 0 spiro atoms. The summed E-state index contributed by atoms with van der Waals surface area (Å²) in [7, 11) is 0. The average Bonchev–Trinajstić information content (AvgIpc) is 2.46. The topological polar surface area (TPSA) is 48.8 Å². The number of aliphatic hydroxyl groups is 1. The van der Waals surface area contributed by atoms with Crippen LogP contribution in [0.1, 0.15) is 20.8 Å². The molecule has 0 amide bonds. The Bertz CT molecular complexity index is 411. The maximum absolute atomic E-state index is 10.1. The third-order valence-corrected chi connectivity index (χ3v) is 3.58. The van der Waals surface area contributed by atoms with E-state index in [0.29, 0.717) is 13.2 Å². The number of aliphatic hydroxyl groups excluding tert-OH is 1. The van der Waals surface area contributed by atoms with Gasteiger partial charge in [0.05, 0.1) is 18.3 Å². The Morgan fingerprint density at radius 3 is 2.38 bits per heavy atom. The summed E-state index contributed by atoms with van der Waals surface area (Å²) >= 11 is 0. The molecule has 0 radical (unpaired) electrons. The second-order valence-electron chi connectivity index (χ2n) is 6.57. The fourth-order valence-electron chi connectivity index (χ4n) is 2.44. The van der Waals surface area contributed by atoms with Crippen molar-refractivity contribution in [3.05, 3.63) is 24.5 Å². The van der Waals surface area contributed by atoms with Crippen molar-refractivity contribution in [1.29, 1.82) is 0 Å². The summed E-state index contributed by atoms with van der Waals surface area (Å²) in [5.74, 6) is 0. The molecule has 5 heteroatoms.